The van der Waals surface area contributed by atoms with Crippen molar-refractivity contribution < 1.29 is 0 Å². The van der Waals surface area contributed by atoms with Crippen LogP contribution in [0.2, 0.25) is 0 Å². The van der Waals surface area contributed by atoms with E-state index >= 15 is 0 Å². The first-order chi connectivity index (χ1) is 19.2. The summed E-state index contributed by atoms with van der Waals surface area (Å²) in [5.74, 6) is 0. The van der Waals surface area contributed by atoms with Gasteiger partial charge in [-0.15, -0.1) is 0 Å². The molecular formula is C35H20BrN3. The molecule has 0 spiro atoms. The summed E-state index contributed by atoms with van der Waals surface area (Å²) in [6.07, 6.45) is 1.84. The summed E-state index contributed by atoms with van der Waals surface area (Å²) in [6, 6.07) is 40.3. The average Bonchev–Trinajstić information content (AvgIpc) is 2.99. The molecule has 0 bridgehead atoms. The maximum absolute atomic E-state index is 5.24. The molecule has 0 aliphatic heterocycles. The Labute approximate surface area is 232 Å². The summed E-state index contributed by atoms with van der Waals surface area (Å²) in [7, 11) is 0. The van der Waals surface area contributed by atoms with E-state index in [9.17, 15) is 0 Å². The van der Waals surface area contributed by atoms with Gasteiger partial charge in [-0.05, 0) is 57.9 Å². The van der Waals surface area contributed by atoms with Crippen LogP contribution in [-0.4, -0.2) is 15.0 Å². The van der Waals surface area contributed by atoms with Gasteiger partial charge in [0.2, 0.25) is 0 Å². The summed E-state index contributed by atoms with van der Waals surface area (Å²) in [5.41, 5.74) is 7.00. The molecule has 8 rings (SSSR count). The SMILES string of the molecule is Brc1ccc2nc(-c3c4ccccc4c(-c4ccc5ccc6cccnc6c5n4)c4ccccc34)ccc2c1. The van der Waals surface area contributed by atoms with E-state index in [-0.39, 0.29) is 0 Å². The second kappa shape index (κ2) is 8.69. The van der Waals surface area contributed by atoms with Gasteiger partial charge in [0.25, 0.3) is 0 Å². The van der Waals surface area contributed by atoms with Crippen molar-refractivity contribution in [2.45, 2.75) is 0 Å². The number of aromatic nitrogens is 3. The number of benzene rings is 5. The van der Waals surface area contributed by atoms with Crippen LogP contribution < -0.4 is 0 Å². The number of halogens is 1. The molecule has 0 amide bonds. The quantitative estimate of drug-likeness (QED) is 0.156. The van der Waals surface area contributed by atoms with Crippen LogP contribution in [0.4, 0.5) is 0 Å². The topological polar surface area (TPSA) is 38.7 Å². The number of rotatable bonds is 2. The van der Waals surface area contributed by atoms with Crippen molar-refractivity contribution in [3.05, 3.63) is 126 Å². The highest BCUT2D eigenvalue weighted by atomic mass is 79.9. The fourth-order valence-electron chi connectivity index (χ4n) is 5.78. The van der Waals surface area contributed by atoms with Crippen molar-refractivity contribution in [2.24, 2.45) is 0 Å². The molecule has 0 unspecified atom stereocenters. The van der Waals surface area contributed by atoms with Crippen LogP contribution in [0.15, 0.2) is 126 Å². The van der Waals surface area contributed by atoms with Crippen LogP contribution in [0, 0.1) is 0 Å². The number of pyridine rings is 3. The monoisotopic (exact) mass is 561 g/mol. The lowest BCUT2D eigenvalue weighted by atomic mass is 9.88. The number of nitrogens with zero attached hydrogens (tertiary/aromatic N) is 3. The van der Waals surface area contributed by atoms with Crippen molar-refractivity contribution in [1.82, 2.24) is 15.0 Å². The predicted octanol–water partition coefficient (Wildman–Crippen LogP) is 9.73. The first kappa shape index (κ1) is 22.3. The van der Waals surface area contributed by atoms with Gasteiger partial charge in [0.05, 0.1) is 27.9 Å². The first-order valence-electron chi connectivity index (χ1n) is 12.9. The second-order valence-corrected chi connectivity index (χ2v) is 10.7. The molecule has 0 fully saturated rings. The van der Waals surface area contributed by atoms with E-state index in [1.54, 1.807) is 0 Å². The minimum atomic E-state index is 0.921. The van der Waals surface area contributed by atoms with Crippen molar-refractivity contribution >= 4 is 70.2 Å². The Hall–Kier alpha value is -4.67. The van der Waals surface area contributed by atoms with Crippen molar-refractivity contribution in [1.29, 1.82) is 0 Å². The zero-order chi connectivity index (χ0) is 25.9. The van der Waals surface area contributed by atoms with Crippen molar-refractivity contribution in [2.75, 3.05) is 0 Å². The molecule has 3 aromatic heterocycles. The highest BCUT2D eigenvalue weighted by molar-refractivity contribution is 9.10. The minimum Gasteiger partial charge on any atom is -0.254 e. The van der Waals surface area contributed by atoms with E-state index in [0.717, 1.165) is 81.2 Å². The van der Waals surface area contributed by atoms with Gasteiger partial charge < -0.3 is 0 Å². The van der Waals surface area contributed by atoms with E-state index in [1.165, 1.54) is 0 Å². The Morgan fingerprint density at radius 3 is 1.69 bits per heavy atom. The van der Waals surface area contributed by atoms with Gasteiger partial charge in [-0.1, -0.05) is 94.8 Å². The maximum Gasteiger partial charge on any atom is 0.0972 e. The second-order valence-electron chi connectivity index (χ2n) is 9.78. The normalized spacial score (nSPS) is 11.7. The molecule has 0 radical (unpaired) electrons. The van der Waals surface area contributed by atoms with E-state index in [1.807, 2.05) is 18.3 Å². The standard InChI is InChI=1S/C35H20BrN3/c36-24-15-18-29-23(20-24)14-17-30(38-29)32-25-7-1-3-9-27(25)33(28-10-4-2-8-26(28)32)31-16-13-22-12-11-21-6-5-19-37-34(21)35(22)39-31/h1-20H. The van der Waals surface area contributed by atoms with Crippen LogP contribution in [0.3, 0.4) is 0 Å². The van der Waals surface area contributed by atoms with Gasteiger partial charge >= 0.3 is 0 Å². The van der Waals surface area contributed by atoms with Crippen LogP contribution in [-0.2, 0) is 0 Å². The van der Waals surface area contributed by atoms with E-state index < -0.39 is 0 Å². The molecule has 182 valence electrons. The van der Waals surface area contributed by atoms with E-state index in [0.29, 0.717) is 0 Å². The van der Waals surface area contributed by atoms with Crippen LogP contribution in [0.5, 0.6) is 0 Å². The molecule has 0 aliphatic rings. The number of hydrogen-bond acceptors (Lipinski definition) is 3. The fourth-order valence-corrected chi connectivity index (χ4v) is 6.16. The van der Waals surface area contributed by atoms with E-state index in [4.69, 9.17) is 9.97 Å². The third-order valence-electron chi connectivity index (χ3n) is 7.53. The van der Waals surface area contributed by atoms with Gasteiger partial charge in [-0.25, -0.2) is 9.97 Å². The number of fused-ring (bicyclic) bond motifs is 6. The highest BCUT2D eigenvalue weighted by Gasteiger charge is 2.18. The Balaban J connectivity index is 1.47. The fraction of sp³-hybridized carbons (Fsp3) is 0. The lowest BCUT2D eigenvalue weighted by Gasteiger charge is -2.17. The molecule has 8 aromatic rings. The molecule has 4 heteroatoms. The Kier molecular flexibility index (Phi) is 4.97. The average molecular weight is 562 g/mol. The molecule has 3 nitrogen and oxygen atoms in total. The first-order valence-corrected chi connectivity index (χ1v) is 13.7. The van der Waals surface area contributed by atoms with Crippen LogP contribution in [0.25, 0.3) is 76.8 Å². The molecule has 0 N–H and O–H groups in total. The lowest BCUT2D eigenvalue weighted by molar-refractivity contribution is 1.38. The van der Waals surface area contributed by atoms with Gasteiger partial charge in [-0.2, -0.15) is 0 Å². The molecule has 0 saturated heterocycles. The van der Waals surface area contributed by atoms with Gasteiger partial charge in [0.1, 0.15) is 0 Å². The Bertz CT molecular complexity index is 2200. The zero-order valence-corrected chi connectivity index (χ0v) is 22.4. The van der Waals surface area contributed by atoms with Gasteiger partial charge in [0.15, 0.2) is 0 Å². The molecule has 5 aromatic carbocycles. The summed E-state index contributed by atoms with van der Waals surface area (Å²) in [6.45, 7) is 0. The smallest absolute Gasteiger partial charge is 0.0972 e. The lowest BCUT2D eigenvalue weighted by Crippen LogP contribution is -1.94. The molecular weight excluding hydrogens is 542 g/mol. The van der Waals surface area contributed by atoms with E-state index in [2.05, 4.69) is 124 Å². The number of hydrogen-bond donors (Lipinski definition) is 0. The molecule has 0 aliphatic carbocycles. The molecule has 39 heavy (non-hydrogen) atoms. The molecule has 0 saturated carbocycles. The minimum absolute atomic E-state index is 0.921. The van der Waals surface area contributed by atoms with Crippen molar-refractivity contribution in [3.8, 4) is 22.5 Å². The Morgan fingerprint density at radius 2 is 1.03 bits per heavy atom. The summed E-state index contributed by atoms with van der Waals surface area (Å²) < 4.78 is 1.05. The largest absolute Gasteiger partial charge is 0.254 e. The molecule has 3 heterocycles. The Morgan fingerprint density at radius 1 is 0.462 bits per heavy atom. The summed E-state index contributed by atoms with van der Waals surface area (Å²) in [4.78, 5) is 15.0. The summed E-state index contributed by atoms with van der Waals surface area (Å²) in [5, 5.41) is 7.92. The zero-order valence-electron chi connectivity index (χ0n) is 20.8. The predicted molar refractivity (Wildman–Crippen MR) is 166 cm³/mol. The third kappa shape index (κ3) is 3.53. The van der Waals surface area contributed by atoms with Crippen LogP contribution >= 0.6 is 15.9 Å². The van der Waals surface area contributed by atoms with Crippen molar-refractivity contribution in [3.63, 3.8) is 0 Å². The molecule has 0 atom stereocenters. The third-order valence-corrected chi connectivity index (χ3v) is 8.02. The van der Waals surface area contributed by atoms with Gasteiger partial charge in [-0.3, -0.25) is 4.98 Å². The maximum atomic E-state index is 5.24. The van der Waals surface area contributed by atoms with Crippen LogP contribution in [0.1, 0.15) is 0 Å². The van der Waals surface area contributed by atoms with Gasteiger partial charge in [0, 0.05) is 38.0 Å². The summed E-state index contributed by atoms with van der Waals surface area (Å²) >= 11 is 3.58. The highest BCUT2D eigenvalue weighted by Crippen LogP contribution is 2.43.